The number of hydrogen-bond donors (Lipinski definition) is 1. The van der Waals surface area contributed by atoms with Crippen LogP contribution >= 0.6 is 23.2 Å². The smallest absolute Gasteiger partial charge is 0.384 e. The number of hydrogen-bond acceptors (Lipinski definition) is 1. The SMILES string of the molecule is OC(c1ccc(C(F)(F)F)cc1)c1cccc(Cl)c1Cl. The van der Waals surface area contributed by atoms with E-state index in [1.165, 1.54) is 12.1 Å². The van der Waals surface area contributed by atoms with E-state index >= 15 is 0 Å². The molecule has 1 N–H and O–H groups in total. The summed E-state index contributed by atoms with van der Waals surface area (Å²) in [6.45, 7) is 0. The minimum atomic E-state index is -4.41. The van der Waals surface area contributed by atoms with E-state index in [2.05, 4.69) is 0 Å². The van der Waals surface area contributed by atoms with Crippen LogP contribution in [0.3, 0.4) is 0 Å². The molecule has 2 aromatic rings. The first-order chi connectivity index (χ1) is 9.30. The molecule has 0 aliphatic carbocycles. The van der Waals surface area contributed by atoms with Crippen LogP contribution in [0.5, 0.6) is 0 Å². The summed E-state index contributed by atoms with van der Waals surface area (Å²) in [5.41, 5.74) is -0.119. The van der Waals surface area contributed by atoms with Crippen molar-refractivity contribution in [1.29, 1.82) is 0 Å². The molecule has 0 aromatic heterocycles. The van der Waals surface area contributed by atoms with Crippen molar-refractivity contribution in [2.45, 2.75) is 12.3 Å². The van der Waals surface area contributed by atoms with Crippen LogP contribution in [0.2, 0.25) is 10.0 Å². The van der Waals surface area contributed by atoms with Gasteiger partial charge >= 0.3 is 6.18 Å². The summed E-state index contributed by atoms with van der Waals surface area (Å²) in [6, 6.07) is 8.99. The molecule has 2 aromatic carbocycles. The van der Waals surface area contributed by atoms with Crippen LogP contribution in [0, 0.1) is 0 Å². The van der Waals surface area contributed by atoms with E-state index in [9.17, 15) is 18.3 Å². The van der Waals surface area contributed by atoms with Crippen LogP contribution in [0.4, 0.5) is 13.2 Å². The van der Waals surface area contributed by atoms with Gasteiger partial charge in [0.05, 0.1) is 15.6 Å². The van der Waals surface area contributed by atoms with Crippen LogP contribution in [0.25, 0.3) is 0 Å². The quantitative estimate of drug-likeness (QED) is 0.816. The number of aliphatic hydroxyl groups excluding tert-OH is 1. The summed E-state index contributed by atoms with van der Waals surface area (Å²) in [5, 5.41) is 10.6. The Bertz CT molecular complexity index is 609. The normalized spacial score (nSPS) is 13.3. The Balaban J connectivity index is 2.34. The molecule has 0 aliphatic heterocycles. The average molecular weight is 321 g/mol. The zero-order chi connectivity index (χ0) is 14.9. The summed E-state index contributed by atoms with van der Waals surface area (Å²) in [4.78, 5) is 0. The molecule has 1 atom stereocenters. The summed E-state index contributed by atoms with van der Waals surface area (Å²) in [6.07, 6.45) is -5.54. The molecule has 6 heteroatoms. The molecule has 0 saturated heterocycles. The lowest BCUT2D eigenvalue weighted by molar-refractivity contribution is -0.137. The third-order valence-electron chi connectivity index (χ3n) is 2.83. The first kappa shape index (κ1) is 15.2. The number of rotatable bonds is 2. The van der Waals surface area contributed by atoms with E-state index in [1.807, 2.05) is 0 Å². The molecule has 0 radical (unpaired) electrons. The molecule has 0 amide bonds. The van der Waals surface area contributed by atoms with Gasteiger partial charge in [-0.3, -0.25) is 0 Å². The van der Waals surface area contributed by atoms with E-state index in [0.717, 1.165) is 12.1 Å². The van der Waals surface area contributed by atoms with Crippen molar-refractivity contribution < 1.29 is 18.3 Å². The highest BCUT2D eigenvalue weighted by Gasteiger charge is 2.30. The molecule has 1 unspecified atom stereocenters. The molecule has 0 spiro atoms. The number of aliphatic hydroxyl groups is 1. The largest absolute Gasteiger partial charge is 0.416 e. The van der Waals surface area contributed by atoms with Crippen LogP contribution in [0.1, 0.15) is 22.8 Å². The van der Waals surface area contributed by atoms with Crippen LogP contribution in [0.15, 0.2) is 42.5 Å². The van der Waals surface area contributed by atoms with Crippen LogP contribution in [-0.2, 0) is 6.18 Å². The van der Waals surface area contributed by atoms with E-state index in [1.54, 1.807) is 18.2 Å². The fourth-order valence-electron chi connectivity index (χ4n) is 1.77. The minimum absolute atomic E-state index is 0.182. The summed E-state index contributed by atoms with van der Waals surface area (Å²) in [5.74, 6) is 0. The fourth-order valence-corrected chi connectivity index (χ4v) is 2.18. The molecule has 0 fully saturated rings. The monoisotopic (exact) mass is 320 g/mol. The van der Waals surface area contributed by atoms with Gasteiger partial charge in [0.15, 0.2) is 0 Å². The zero-order valence-electron chi connectivity index (χ0n) is 9.96. The summed E-state index contributed by atoms with van der Waals surface area (Å²) < 4.78 is 37.4. The highest BCUT2D eigenvalue weighted by Crippen LogP contribution is 2.34. The van der Waals surface area contributed by atoms with Crippen molar-refractivity contribution in [3.05, 3.63) is 69.2 Å². The standard InChI is InChI=1S/C14H9Cl2F3O/c15-11-3-1-2-10(12(11)16)13(20)8-4-6-9(7-5-8)14(17,18)19/h1-7,13,20H. The lowest BCUT2D eigenvalue weighted by Gasteiger charge is -2.15. The van der Waals surface area contributed by atoms with Gasteiger partial charge in [-0.1, -0.05) is 47.5 Å². The van der Waals surface area contributed by atoms with Crippen LogP contribution < -0.4 is 0 Å². The Morgan fingerprint density at radius 1 is 0.950 bits per heavy atom. The van der Waals surface area contributed by atoms with E-state index in [-0.39, 0.29) is 10.0 Å². The molecular weight excluding hydrogens is 312 g/mol. The van der Waals surface area contributed by atoms with Crippen molar-refractivity contribution >= 4 is 23.2 Å². The Kier molecular flexibility index (Phi) is 4.28. The van der Waals surface area contributed by atoms with Gasteiger partial charge in [0.25, 0.3) is 0 Å². The summed E-state index contributed by atoms with van der Waals surface area (Å²) in [7, 11) is 0. The van der Waals surface area contributed by atoms with Crippen molar-refractivity contribution in [3.8, 4) is 0 Å². The minimum Gasteiger partial charge on any atom is -0.384 e. The molecule has 0 aliphatic rings. The molecule has 0 bridgehead atoms. The van der Waals surface area contributed by atoms with Gasteiger partial charge in [0.1, 0.15) is 6.10 Å². The Morgan fingerprint density at radius 3 is 2.10 bits per heavy atom. The molecule has 1 nitrogen and oxygen atoms in total. The molecule has 2 rings (SSSR count). The first-order valence-electron chi connectivity index (χ1n) is 5.60. The predicted molar refractivity (Wildman–Crippen MR) is 72.0 cm³/mol. The molecular formula is C14H9Cl2F3O. The summed E-state index contributed by atoms with van der Waals surface area (Å²) >= 11 is 11.8. The van der Waals surface area contributed by atoms with Crippen molar-refractivity contribution in [2.24, 2.45) is 0 Å². The van der Waals surface area contributed by atoms with E-state index < -0.39 is 17.8 Å². The van der Waals surface area contributed by atoms with Crippen molar-refractivity contribution in [2.75, 3.05) is 0 Å². The Labute approximate surface area is 123 Å². The lowest BCUT2D eigenvalue weighted by atomic mass is 10.0. The van der Waals surface area contributed by atoms with Gasteiger partial charge in [-0.25, -0.2) is 0 Å². The number of alkyl halides is 3. The van der Waals surface area contributed by atoms with Gasteiger partial charge in [-0.15, -0.1) is 0 Å². The van der Waals surface area contributed by atoms with Crippen LogP contribution in [-0.4, -0.2) is 5.11 Å². The first-order valence-corrected chi connectivity index (χ1v) is 6.35. The maximum absolute atomic E-state index is 12.5. The van der Waals surface area contributed by atoms with Gasteiger partial charge in [-0.05, 0) is 23.8 Å². The molecule has 20 heavy (non-hydrogen) atoms. The fraction of sp³-hybridized carbons (Fsp3) is 0.143. The third-order valence-corrected chi connectivity index (χ3v) is 3.66. The average Bonchev–Trinajstić information content (AvgIpc) is 2.40. The second-order valence-corrected chi connectivity index (χ2v) is 4.95. The van der Waals surface area contributed by atoms with Gasteiger partial charge < -0.3 is 5.11 Å². The lowest BCUT2D eigenvalue weighted by Crippen LogP contribution is -2.06. The maximum atomic E-state index is 12.5. The third kappa shape index (κ3) is 3.08. The van der Waals surface area contributed by atoms with E-state index in [4.69, 9.17) is 23.2 Å². The highest BCUT2D eigenvalue weighted by atomic mass is 35.5. The highest BCUT2D eigenvalue weighted by molar-refractivity contribution is 6.42. The maximum Gasteiger partial charge on any atom is 0.416 e. The van der Waals surface area contributed by atoms with E-state index in [0.29, 0.717) is 11.1 Å². The number of benzene rings is 2. The Hall–Kier alpha value is -1.23. The predicted octanol–water partition coefficient (Wildman–Crippen LogP) is 5.09. The van der Waals surface area contributed by atoms with Gasteiger partial charge in [0.2, 0.25) is 0 Å². The second-order valence-electron chi connectivity index (χ2n) is 4.17. The Morgan fingerprint density at radius 2 is 1.55 bits per heavy atom. The van der Waals surface area contributed by atoms with Gasteiger partial charge in [0, 0.05) is 5.56 Å². The van der Waals surface area contributed by atoms with Gasteiger partial charge in [-0.2, -0.15) is 13.2 Å². The molecule has 106 valence electrons. The topological polar surface area (TPSA) is 20.2 Å². The molecule has 0 heterocycles. The second kappa shape index (κ2) is 5.64. The zero-order valence-corrected chi connectivity index (χ0v) is 11.5. The number of halogens is 5. The van der Waals surface area contributed by atoms with Crippen molar-refractivity contribution in [3.63, 3.8) is 0 Å². The van der Waals surface area contributed by atoms with Crippen molar-refractivity contribution in [1.82, 2.24) is 0 Å². The molecule has 0 saturated carbocycles.